The van der Waals surface area contributed by atoms with E-state index in [4.69, 9.17) is 4.74 Å². The standard InChI is InChI=1S/C15H21N3O3/c1-4-10(2)14-15(20)16-8-13(19)18(14)9-11-6-5-7-12(17-11)21-3/h5-7,10,14H,4,8-9H2,1-3H3,(H,16,20). The van der Waals surface area contributed by atoms with Crippen molar-refractivity contribution in [3.63, 3.8) is 0 Å². The van der Waals surface area contributed by atoms with E-state index < -0.39 is 6.04 Å². The molecule has 2 unspecified atom stereocenters. The van der Waals surface area contributed by atoms with E-state index in [9.17, 15) is 9.59 Å². The molecule has 2 atom stereocenters. The van der Waals surface area contributed by atoms with Crippen molar-refractivity contribution >= 4 is 11.8 Å². The van der Waals surface area contributed by atoms with E-state index in [0.29, 0.717) is 18.1 Å². The maximum absolute atomic E-state index is 12.2. The van der Waals surface area contributed by atoms with Crippen LogP contribution in [-0.4, -0.2) is 41.4 Å². The molecule has 0 saturated carbocycles. The van der Waals surface area contributed by atoms with Crippen LogP contribution in [0.25, 0.3) is 0 Å². The van der Waals surface area contributed by atoms with Gasteiger partial charge in [-0.3, -0.25) is 9.59 Å². The maximum Gasteiger partial charge on any atom is 0.243 e. The van der Waals surface area contributed by atoms with E-state index in [-0.39, 0.29) is 24.3 Å². The number of hydrogen-bond donors (Lipinski definition) is 1. The van der Waals surface area contributed by atoms with Gasteiger partial charge in [-0.1, -0.05) is 26.3 Å². The minimum Gasteiger partial charge on any atom is -0.481 e. The number of pyridine rings is 1. The number of aromatic nitrogens is 1. The third kappa shape index (κ3) is 3.32. The van der Waals surface area contributed by atoms with Crippen LogP contribution in [0, 0.1) is 5.92 Å². The second-order valence-corrected chi connectivity index (χ2v) is 5.24. The van der Waals surface area contributed by atoms with Crippen molar-refractivity contribution in [2.45, 2.75) is 32.9 Å². The van der Waals surface area contributed by atoms with Gasteiger partial charge in [-0.15, -0.1) is 0 Å². The molecule has 1 aliphatic rings. The van der Waals surface area contributed by atoms with Crippen molar-refractivity contribution in [2.75, 3.05) is 13.7 Å². The molecule has 1 aliphatic heterocycles. The van der Waals surface area contributed by atoms with Crippen molar-refractivity contribution < 1.29 is 14.3 Å². The smallest absolute Gasteiger partial charge is 0.243 e. The second kappa shape index (κ2) is 6.56. The zero-order valence-corrected chi connectivity index (χ0v) is 12.6. The molecule has 2 amide bonds. The van der Waals surface area contributed by atoms with Gasteiger partial charge in [0.1, 0.15) is 6.04 Å². The van der Waals surface area contributed by atoms with Gasteiger partial charge in [0.05, 0.1) is 25.9 Å². The molecule has 1 aromatic heterocycles. The molecule has 1 fully saturated rings. The lowest BCUT2D eigenvalue weighted by Crippen LogP contribution is -2.60. The van der Waals surface area contributed by atoms with Gasteiger partial charge in [0.15, 0.2) is 0 Å². The highest BCUT2D eigenvalue weighted by Crippen LogP contribution is 2.20. The summed E-state index contributed by atoms with van der Waals surface area (Å²) in [7, 11) is 1.55. The first-order chi connectivity index (χ1) is 10.1. The van der Waals surface area contributed by atoms with Gasteiger partial charge in [-0.05, 0) is 12.0 Å². The number of carbonyl (C=O) groups excluding carboxylic acids is 2. The Hall–Kier alpha value is -2.11. The summed E-state index contributed by atoms with van der Waals surface area (Å²) in [6, 6.07) is 4.97. The summed E-state index contributed by atoms with van der Waals surface area (Å²) in [4.78, 5) is 30.2. The second-order valence-electron chi connectivity index (χ2n) is 5.24. The molecule has 0 radical (unpaired) electrons. The highest BCUT2D eigenvalue weighted by Gasteiger charge is 2.37. The van der Waals surface area contributed by atoms with E-state index in [2.05, 4.69) is 10.3 Å². The molecule has 21 heavy (non-hydrogen) atoms. The van der Waals surface area contributed by atoms with Crippen LogP contribution in [0.5, 0.6) is 5.88 Å². The third-order valence-corrected chi connectivity index (χ3v) is 3.84. The van der Waals surface area contributed by atoms with E-state index >= 15 is 0 Å². The molecule has 2 heterocycles. The Morgan fingerprint density at radius 1 is 1.48 bits per heavy atom. The Labute approximate surface area is 124 Å². The summed E-state index contributed by atoms with van der Waals surface area (Å²) in [5.41, 5.74) is 0.714. The Bertz CT molecular complexity index is 533. The average molecular weight is 291 g/mol. The van der Waals surface area contributed by atoms with Crippen LogP contribution in [0.15, 0.2) is 18.2 Å². The van der Waals surface area contributed by atoms with Crippen molar-refractivity contribution in [3.8, 4) is 5.88 Å². The van der Waals surface area contributed by atoms with Crippen LogP contribution in [0.4, 0.5) is 0 Å². The summed E-state index contributed by atoms with van der Waals surface area (Å²) in [5.74, 6) is 0.428. The van der Waals surface area contributed by atoms with Crippen LogP contribution in [0.1, 0.15) is 26.0 Å². The molecular formula is C15H21N3O3. The SMILES string of the molecule is CCC(C)C1C(=O)NCC(=O)N1Cc1cccc(OC)n1. The molecule has 0 spiro atoms. The van der Waals surface area contributed by atoms with Gasteiger partial charge in [-0.2, -0.15) is 0 Å². The molecule has 1 N–H and O–H groups in total. The first-order valence-electron chi connectivity index (χ1n) is 7.14. The maximum atomic E-state index is 12.2. The van der Waals surface area contributed by atoms with E-state index in [0.717, 1.165) is 6.42 Å². The van der Waals surface area contributed by atoms with Crippen LogP contribution in [-0.2, 0) is 16.1 Å². The molecule has 2 rings (SSSR count). The Morgan fingerprint density at radius 2 is 2.24 bits per heavy atom. The van der Waals surface area contributed by atoms with Gasteiger partial charge < -0.3 is 15.0 Å². The van der Waals surface area contributed by atoms with Gasteiger partial charge in [0.25, 0.3) is 0 Å². The first kappa shape index (κ1) is 15.3. The first-order valence-corrected chi connectivity index (χ1v) is 7.14. The highest BCUT2D eigenvalue weighted by atomic mass is 16.5. The summed E-state index contributed by atoms with van der Waals surface area (Å²) in [6.45, 7) is 4.36. The van der Waals surface area contributed by atoms with Gasteiger partial charge >= 0.3 is 0 Å². The molecule has 114 valence electrons. The molecule has 6 nitrogen and oxygen atoms in total. The fraction of sp³-hybridized carbons (Fsp3) is 0.533. The Morgan fingerprint density at radius 3 is 2.90 bits per heavy atom. The van der Waals surface area contributed by atoms with Gasteiger partial charge in [-0.25, -0.2) is 4.98 Å². The minimum atomic E-state index is -0.441. The van der Waals surface area contributed by atoms with Crippen LogP contribution in [0.3, 0.4) is 0 Å². The minimum absolute atomic E-state index is 0.0513. The molecule has 1 aromatic rings. The molecule has 0 aromatic carbocycles. The number of methoxy groups -OCH3 is 1. The van der Waals surface area contributed by atoms with E-state index in [1.54, 1.807) is 18.1 Å². The summed E-state index contributed by atoms with van der Waals surface area (Å²) in [6.07, 6.45) is 0.827. The largest absolute Gasteiger partial charge is 0.481 e. The average Bonchev–Trinajstić information content (AvgIpc) is 2.50. The number of ether oxygens (including phenoxy) is 1. The number of carbonyl (C=O) groups is 2. The van der Waals surface area contributed by atoms with Crippen molar-refractivity contribution in [1.29, 1.82) is 0 Å². The molecule has 1 saturated heterocycles. The zero-order chi connectivity index (χ0) is 15.4. The van der Waals surface area contributed by atoms with Gasteiger partial charge in [0.2, 0.25) is 17.7 Å². The molecule has 6 heteroatoms. The van der Waals surface area contributed by atoms with E-state index in [1.807, 2.05) is 26.0 Å². The summed E-state index contributed by atoms with van der Waals surface area (Å²) >= 11 is 0. The summed E-state index contributed by atoms with van der Waals surface area (Å²) < 4.78 is 5.09. The lowest BCUT2D eigenvalue weighted by molar-refractivity contribution is -0.148. The van der Waals surface area contributed by atoms with Crippen LogP contribution < -0.4 is 10.1 Å². The third-order valence-electron chi connectivity index (χ3n) is 3.84. The lowest BCUT2D eigenvalue weighted by Gasteiger charge is -2.37. The quantitative estimate of drug-likeness (QED) is 0.877. The number of piperazine rings is 1. The monoisotopic (exact) mass is 291 g/mol. The zero-order valence-electron chi connectivity index (χ0n) is 12.6. The number of hydrogen-bond acceptors (Lipinski definition) is 4. The van der Waals surface area contributed by atoms with Crippen molar-refractivity contribution in [2.24, 2.45) is 5.92 Å². The number of amides is 2. The van der Waals surface area contributed by atoms with Crippen molar-refractivity contribution in [3.05, 3.63) is 23.9 Å². The van der Waals surface area contributed by atoms with Crippen molar-refractivity contribution in [1.82, 2.24) is 15.2 Å². The van der Waals surface area contributed by atoms with E-state index in [1.165, 1.54) is 0 Å². The van der Waals surface area contributed by atoms with Crippen LogP contribution in [0.2, 0.25) is 0 Å². The summed E-state index contributed by atoms with van der Waals surface area (Å²) in [5, 5.41) is 2.66. The number of nitrogens with one attached hydrogen (secondary N) is 1. The molecular weight excluding hydrogens is 270 g/mol. The topological polar surface area (TPSA) is 71.5 Å². The number of nitrogens with zero attached hydrogens (tertiary/aromatic N) is 2. The number of rotatable bonds is 5. The Balaban J connectivity index is 2.24. The predicted octanol–water partition coefficient (Wildman–Crippen LogP) is 0.963. The van der Waals surface area contributed by atoms with Crippen LogP contribution >= 0.6 is 0 Å². The highest BCUT2D eigenvalue weighted by molar-refractivity contribution is 5.94. The Kier molecular flexibility index (Phi) is 4.77. The predicted molar refractivity (Wildman–Crippen MR) is 77.6 cm³/mol. The molecule has 0 bridgehead atoms. The fourth-order valence-corrected chi connectivity index (χ4v) is 2.47. The van der Waals surface area contributed by atoms with Gasteiger partial charge in [0, 0.05) is 6.07 Å². The normalized spacial score (nSPS) is 20.1. The lowest BCUT2D eigenvalue weighted by atomic mass is 9.95. The fourth-order valence-electron chi connectivity index (χ4n) is 2.47. The molecule has 0 aliphatic carbocycles.